The first kappa shape index (κ1) is 18.8. The van der Waals surface area contributed by atoms with Crippen LogP contribution < -0.4 is 14.8 Å². The Kier molecular flexibility index (Phi) is 5.59. The minimum atomic E-state index is -3.85. The van der Waals surface area contributed by atoms with Gasteiger partial charge in [0.25, 0.3) is 0 Å². The Morgan fingerprint density at radius 1 is 1.27 bits per heavy atom. The second kappa shape index (κ2) is 7.73. The number of nitrogens with two attached hydrogens (primary N) is 1. The summed E-state index contributed by atoms with van der Waals surface area (Å²) in [5.74, 6) is 2.78. The number of nitrogens with zero attached hydrogens (tertiary/aromatic N) is 3. The number of benzene rings is 1. The van der Waals surface area contributed by atoms with Crippen molar-refractivity contribution in [2.75, 3.05) is 31.7 Å². The molecule has 1 aliphatic rings. The fourth-order valence-electron chi connectivity index (χ4n) is 3.39. The van der Waals surface area contributed by atoms with Crippen molar-refractivity contribution in [1.29, 1.82) is 0 Å². The van der Waals surface area contributed by atoms with E-state index in [1.807, 2.05) is 25.1 Å². The second-order valence-electron chi connectivity index (χ2n) is 6.48. The molecule has 1 saturated heterocycles. The van der Waals surface area contributed by atoms with Gasteiger partial charge in [-0.2, -0.15) is 8.42 Å². The molecule has 1 aromatic heterocycles. The summed E-state index contributed by atoms with van der Waals surface area (Å²) in [5, 5.41) is 5.83. The SMILES string of the molecule is COc1cccc2c(N3CCC(CCOS(N)(=O)=O)CC3)nc(C)nc12. The number of rotatable bonds is 6. The lowest BCUT2D eigenvalue weighted by Gasteiger charge is -2.33. The Labute approximate surface area is 153 Å². The van der Waals surface area contributed by atoms with Gasteiger partial charge in [-0.05, 0) is 44.2 Å². The third-order valence-electron chi connectivity index (χ3n) is 4.69. The Hall–Kier alpha value is -1.97. The molecule has 1 aliphatic heterocycles. The maximum atomic E-state index is 10.8. The summed E-state index contributed by atoms with van der Waals surface area (Å²) in [6.07, 6.45) is 2.58. The van der Waals surface area contributed by atoms with Gasteiger partial charge in [0.2, 0.25) is 0 Å². The van der Waals surface area contributed by atoms with Gasteiger partial charge in [-0.1, -0.05) is 6.07 Å². The molecule has 2 aromatic rings. The number of ether oxygens (including phenoxy) is 1. The van der Waals surface area contributed by atoms with E-state index < -0.39 is 10.3 Å². The first-order chi connectivity index (χ1) is 12.4. The summed E-state index contributed by atoms with van der Waals surface area (Å²) < 4.78 is 31.8. The third kappa shape index (κ3) is 4.40. The Morgan fingerprint density at radius 3 is 2.65 bits per heavy atom. The van der Waals surface area contributed by atoms with Crippen molar-refractivity contribution in [3.63, 3.8) is 0 Å². The standard InChI is InChI=1S/C17H24N4O4S/c1-12-19-16-14(4-3-5-15(16)24-2)17(20-12)21-9-6-13(7-10-21)8-11-25-26(18,22)23/h3-5,13H,6-11H2,1-2H3,(H2,18,22,23). The molecule has 142 valence electrons. The van der Waals surface area contributed by atoms with Crippen LogP contribution in [0.15, 0.2) is 18.2 Å². The number of aromatic nitrogens is 2. The molecule has 0 amide bonds. The molecule has 0 bridgehead atoms. The number of hydrogen-bond donors (Lipinski definition) is 1. The topological polar surface area (TPSA) is 108 Å². The molecule has 2 heterocycles. The summed E-state index contributed by atoms with van der Waals surface area (Å²) in [4.78, 5) is 11.4. The lowest BCUT2D eigenvalue weighted by atomic mass is 9.94. The van der Waals surface area contributed by atoms with Crippen LogP contribution in [0, 0.1) is 12.8 Å². The molecule has 0 radical (unpaired) electrons. The van der Waals surface area contributed by atoms with E-state index in [1.165, 1.54) is 0 Å². The van der Waals surface area contributed by atoms with E-state index in [0.29, 0.717) is 18.2 Å². The van der Waals surface area contributed by atoms with E-state index in [1.54, 1.807) is 7.11 Å². The molecule has 0 aliphatic carbocycles. The zero-order valence-corrected chi connectivity index (χ0v) is 15.8. The van der Waals surface area contributed by atoms with E-state index in [0.717, 1.165) is 48.4 Å². The largest absolute Gasteiger partial charge is 0.494 e. The van der Waals surface area contributed by atoms with Crippen LogP contribution in [0.4, 0.5) is 5.82 Å². The highest BCUT2D eigenvalue weighted by Crippen LogP contribution is 2.32. The number of anilines is 1. The van der Waals surface area contributed by atoms with Gasteiger partial charge in [-0.15, -0.1) is 0 Å². The summed E-state index contributed by atoms with van der Waals surface area (Å²) in [7, 11) is -2.21. The zero-order chi connectivity index (χ0) is 18.7. The van der Waals surface area contributed by atoms with E-state index in [-0.39, 0.29) is 6.61 Å². The van der Waals surface area contributed by atoms with Crippen molar-refractivity contribution < 1.29 is 17.3 Å². The van der Waals surface area contributed by atoms with Crippen molar-refractivity contribution in [2.24, 2.45) is 11.1 Å². The van der Waals surface area contributed by atoms with Crippen molar-refractivity contribution in [3.05, 3.63) is 24.0 Å². The quantitative estimate of drug-likeness (QED) is 0.814. The van der Waals surface area contributed by atoms with Crippen molar-refractivity contribution in [2.45, 2.75) is 26.2 Å². The first-order valence-electron chi connectivity index (χ1n) is 8.61. The number of methoxy groups -OCH3 is 1. The first-order valence-corrected chi connectivity index (χ1v) is 10.1. The lowest BCUT2D eigenvalue weighted by molar-refractivity contribution is 0.262. The average Bonchev–Trinajstić information content (AvgIpc) is 2.60. The molecule has 26 heavy (non-hydrogen) atoms. The number of hydrogen-bond acceptors (Lipinski definition) is 7. The fraction of sp³-hybridized carbons (Fsp3) is 0.529. The van der Waals surface area contributed by atoms with Gasteiger partial charge >= 0.3 is 10.3 Å². The third-order valence-corrected chi connectivity index (χ3v) is 5.18. The van der Waals surface area contributed by atoms with E-state index in [9.17, 15) is 8.42 Å². The summed E-state index contributed by atoms with van der Waals surface area (Å²) in [5.41, 5.74) is 0.821. The maximum Gasteiger partial charge on any atom is 0.333 e. The molecule has 3 rings (SSSR count). The van der Waals surface area contributed by atoms with Crippen LogP contribution >= 0.6 is 0 Å². The highest BCUT2D eigenvalue weighted by atomic mass is 32.2. The molecular formula is C17H24N4O4S. The van der Waals surface area contributed by atoms with Crippen molar-refractivity contribution >= 4 is 27.0 Å². The molecule has 0 spiro atoms. The van der Waals surface area contributed by atoms with E-state index in [4.69, 9.17) is 9.88 Å². The molecule has 1 aromatic carbocycles. The van der Waals surface area contributed by atoms with Crippen LogP contribution in [0.25, 0.3) is 10.9 Å². The molecule has 9 heteroatoms. The fourth-order valence-corrected chi connectivity index (χ4v) is 3.72. The molecule has 0 unspecified atom stereocenters. The van der Waals surface area contributed by atoms with Crippen LogP contribution in [0.3, 0.4) is 0 Å². The summed E-state index contributed by atoms with van der Waals surface area (Å²) >= 11 is 0. The molecule has 2 N–H and O–H groups in total. The second-order valence-corrected chi connectivity index (χ2v) is 7.71. The smallest absolute Gasteiger partial charge is 0.333 e. The summed E-state index contributed by atoms with van der Waals surface area (Å²) in [6.45, 7) is 3.72. The summed E-state index contributed by atoms with van der Waals surface area (Å²) in [6, 6.07) is 5.86. The van der Waals surface area contributed by atoms with Gasteiger partial charge < -0.3 is 9.64 Å². The predicted octanol–water partition coefficient (Wildman–Crippen LogP) is 1.77. The lowest BCUT2D eigenvalue weighted by Crippen LogP contribution is -2.35. The average molecular weight is 380 g/mol. The minimum Gasteiger partial charge on any atom is -0.494 e. The molecule has 8 nitrogen and oxygen atoms in total. The van der Waals surface area contributed by atoms with Crippen molar-refractivity contribution in [1.82, 2.24) is 9.97 Å². The molecule has 0 saturated carbocycles. The number of para-hydroxylation sites is 1. The van der Waals surface area contributed by atoms with Crippen LogP contribution in [0.5, 0.6) is 5.75 Å². The Morgan fingerprint density at radius 2 is 2.00 bits per heavy atom. The normalized spacial score (nSPS) is 16.2. The highest BCUT2D eigenvalue weighted by Gasteiger charge is 2.23. The number of piperidine rings is 1. The van der Waals surface area contributed by atoms with Crippen LogP contribution in [-0.4, -0.2) is 45.2 Å². The van der Waals surface area contributed by atoms with Gasteiger partial charge in [0, 0.05) is 18.5 Å². The Bertz CT molecular complexity index is 880. The molecule has 0 atom stereocenters. The van der Waals surface area contributed by atoms with Crippen LogP contribution in [0.1, 0.15) is 25.1 Å². The van der Waals surface area contributed by atoms with Crippen LogP contribution in [-0.2, 0) is 14.5 Å². The zero-order valence-electron chi connectivity index (χ0n) is 15.0. The van der Waals surface area contributed by atoms with Crippen LogP contribution in [0.2, 0.25) is 0 Å². The van der Waals surface area contributed by atoms with Gasteiger partial charge in [0.1, 0.15) is 22.9 Å². The minimum absolute atomic E-state index is 0.135. The molecular weight excluding hydrogens is 356 g/mol. The Balaban J connectivity index is 1.72. The van der Waals surface area contributed by atoms with Crippen molar-refractivity contribution in [3.8, 4) is 5.75 Å². The van der Waals surface area contributed by atoms with Gasteiger partial charge in [-0.3, -0.25) is 4.18 Å². The predicted molar refractivity (Wildman–Crippen MR) is 99.4 cm³/mol. The number of aryl methyl sites for hydroxylation is 1. The number of fused-ring (bicyclic) bond motifs is 1. The maximum absolute atomic E-state index is 10.8. The highest BCUT2D eigenvalue weighted by molar-refractivity contribution is 7.84. The molecule has 1 fully saturated rings. The van der Waals surface area contributed by atoms with Gasteiger partial charge in [0.15, 0.2) is 0 Å². The van der Waals surface area contributed by atoms with Gasteiger partial charge in [-0.25, -0.2) is 15.1 Å². The van der Waals surface area contributed by atoms with E-state index in [2.05, 4.69) is 19.1 Å². The van der Waals surface area contributed by atoms with E-state index >= 15 is 0 Å². The monoisotopic (exact) mass is 380 g/mol. The van der Waals surface area contributed by atoms with Gasteiger partial charge in [0.05, 0.1) is 13.7 Å².